The standard InChI is InChI=1S/C15H19NO/c1-3-10-16(11-4-2)15(13-17)12-14-8-6-5-7-9-14/h3-9,13,15H,1-2,10-12H2/t15-/m0/s1. The zero-order valence-electron chi connectivity index (χ0n) is 10.1. The number of carbonyl (C=O) groups is 1. The van der Waals surface area contributed by atoms with E-state index in [4.69, 9.17) is 0 Å². The van der Waals surface area contributed by atoms with Crippen LogP contribution in [0.15, 0.2) is 55.6 Å². The van der Waals surface area contributed by atoms with Crippen molar-refractivity contribution in [2.24, 2.45) is 0 Å². The molecule has 1 aromatic carbocycles. The normalized spacial score (nSPS) is 12.1. The fourth-order valence-corrected chi connectivity index (χ4v) is 1.80. The Morgan fingerprint density at radius 1 is 1.12 bits per heavy atom. The Labute approximate surface area is 103 Å². The highest BCUT2D eigenvalue weighted by Crippen LogP contribution is 2.07. The lowest BCUT2D eigenvalue weighted by Gasteiger charge is -2.25. The van der Waals surface area contributed by atoms with Gasteiger partial charge in [-0.1, -0.05) is 42.5 Å². The van der Waals surface area contributed by atoms with Crippen molar-refractivity contribution in [2.45, 2.75) is 12.5 Å². The lowest BCUT2D eigenvalue weighted by molar-refractivity contribution is -0.112. The SMILES string of the molecule is C=CCN(CC=C)[C@H](C=O)Cc1ccccc1. The van der Waals surface area contributed by atoms with Gasteiger partial charge in [-0.3, -0.25) is 4.90 Å². The average Bonchev–Trinajstić information content (AvgIpc) is 2.37. The van der Waals surface area contributed by atoms with E-state index in [0.717, 1.165) is 12.7 Å². The molecule has 1 aromatic rings. The van der Waals surface area contributed by atoms with Crippen LogP contribution >= 0.6 is 0 Å². The second-order valence-corrected chi connectivity index (χ2v) is 3.92. The van der Waals surface area contributed by atoms with Crippen LogP contribution in [0.4, 0.5) is 0 Å². The minimum Gasteiger partial charge on any atom is -0.302 e. The van der Waals surface area contributed by atoms with E-state index in [1.54, 1.807) is 0 Å². The number of aldehydes is 1. The van der Waals surface area contributed by atoms with Gasteiger partial charge in [-0.25, -0.2) is 0 Å². The van der Waals surface area contributed by atoms with Gasteiger partial charge in [0.25, 0.3) is 0 Å². The summed E-state index contributed by atoms with van der Waals surface area (Å²) in [5.41, 5.74) is 1.17. The molecule has 0 aliphatic carbocycles. The Balaban J connectivity index is 2.71. The molecule has 17 heavy (non-hydrogen) atoms. The van der Waals surface area contributed by atoms with Gasteiger partial charge in [0, 0.05) is 13.1 Å². The van der Waals surface area contributed by atoms with Gasteiger partial charge in [-0.15, -0.1) is 13.2 Å². The van der Waals surface area contributed by atoms with Crippen molar-refractivity contribution in [3.05, 3.63) is 61.2 Å². The van der Waals surface area contributed by atoms with Crippen molar-refractivity contribution < 1.29 is 4.79 Å². The van der Waals surface area contributed by atoms with Crippen LogP contribution in [-0.4, -0.2) is 30.3 Å². The van der Waals surface area contributed by atoms with Gasteiger partial charge in [-0.05, 0) is 12.0 Å². The van der Waals surface area contributed by atoms with Gasteiger partial charge in [0.1, 0.15) is 6.29 Å². The van der Waals surface area contributed by atoms with Crippen molar-refractivity contribution in [2.75, 3.05) is 13.1 Å². The minimum absolute atomic E-state index is 0.117. The molecule has 0 N–H and O–H groups in total. The summed E-state index contributed by atoms with van der Waals surface area (Å²) < 4.78 is 0. The molecular formula is C15H19NO. The molecule has 0 saturated carbocycles. The van der Waals surface area contributed by atoms with Crippen LogP contribution < -0.4 is 0 Å². The van der Waals surface area contributed by atoms with Gasteiger partial charge in [0.2, 0.25) is 0 Å². The Morgan fingerprint density at radius 2 is 1.71 bits per heavy atom. The molecule has 0 fully saturated rings. The zero-order valence-corrected chi connectivity index (χ0v) is 10.1. The topological polar surface area (TPSA) is 20.3 Å². The summed E-state index contributed by atoms with van der Waals surface area (Å²) in [4.78, 5) is 13.2. The lowest BCUT2D eigenvalue weighted by Crippen LogP contribution is -2.38. The van der Waals surface area contributed by atoms with Crippen molar-refractivity contribution in [1.29, 1.82) is 0 Å². The number of rotatable bonds is 8. The summed E-state index contributed by atoms with van der Waals surface area (Å²) in [6.07, 6.45) is 5.35. The molecule has 0 aromatic heterocycles. The number of nitrogens with zero attached hydrogens (tertiary/aromatic N) is 1. The molecule has 2 nitrogen and oxygen atoms in total. The van der Waals surface area contributed by atoms with Crippen LogP contribution in [0.3, 0.4) is 0 Å². The summed E-state index contributed by atoms with van der Waals surface area (Å²) in [6, 6.07) is 9.91. The molecule has 0 heterocycles. The van der Waals surface area contributed by atoms with E-state index < -0.39 is 0 Å². The van der Waals surface area contributed by atoms with E-state index in [1.807, 2.05) is 42.5 Å². The summed E-state index contributed by atoms with van der Waals surface area (Å²) >= 11 is 0. The van der Waals surface area contributed by atoms with Gasteiger partial charge < -0.3 is 4.79 Å². The number of hydrogen-bond acceptors (Lipinski definition) is 2. The largest absolute Gasteiger partial charge is 0.302 e. The van der Waals surface area contributed by atoms with Gasteiger partial charge in [0.05, 0.1) is 6.04 Å². The fourth-order valence-electron chi connectivity index (χ4n) is 1.80. The van der Waals surface area contributed by atoms with Crippen LogP contribution in [-0.2, 0) is 11.2 Å². The first-order chi connectivity index (χ1) is 8.31. The molecule has 0 aliphatic rings. The number of carbonyl (C=O) groups excluding carboxylic acids is 1. The third kappa shape index (κ3) is 4.37. The maximum Gasteiger partial charge on any atom is 0.137 e. The smallest absolute Gasteiger partial charge is 0.137 e. The molecule has 0 spiro atoms. The molecule has 0 bridgehead atoms. The first kappa shape index (κ1) is 13.4. The van der Waals surface area contributed by atoms with E-state index >= 15 is 0 Å². The summed E-state index contributed by atoms with van der Waals surface area (Å²) in [5, 5.41) is 0. The molecule has 1 rings (SSSR count). The molecule has 0 saturated heterocycles. The van der Waals surface area contributed by atoms with Gasteiger partial charge in [-0.2, -0.15) is 0 Å². The predicted molar refractivity (Wildman–Crippen MR) is 72.0 cm³/mol. The predicted octanol–water partition coefficient (Wildman–Crippen LogP) is 2.47. The Bertz CT molecular complexity index is 348. The van der Waals surface area contributed by atoms with E-state index in [2.05, 4.69) is 18.1 Å². The van der Waals surface area contributed by atoms with Crippen molar-refractivity contribution in [1.82, 2.24) is 4.90 Å². The molecule has 0 aliphatic heterocycles. The number of benzene rings is 1. The number of hydrogen-bond donors (Lipinski definition) is 0. The van der Waals surface area contributed by atoms with Crippen LogP contribution in [0.1, 0.15) is 5.56 Å². The Hall–Kier alpha value is -1.67. The second-order valence-electron chi connectivity index (χ2n) is 3.92. The van der Waals surface area contributed by atoms with Crippen molar-refractivity contribution >= 4 is 6.29 Å². The van der Waals surface area contributed by atoms with Crippen molar-refractivity contribution in [3.63, 3.8) is 0 Å². The maximum absolute atomic E-state index is 11.2. The van der Waals surface area contributed by atoms with E-state index in [0.29, 0.717) is 13.1 Å². The highest BCUT2D eigenvalue weighted by atomic mass is 16.1. The quantitative estimate of drug-likeness (QED) is 0.504. The average molecular weight is 229 g/mol. The molecule has 0 amide bonds. The van der Waals surface area contributed by atoms with E-state index in [-0.39, 0.29) is 6.04 Å². The monoisotopic (exact) mass is 229 g/mol. The van der Waals surface area contributed by atoms with E-state index in [1.165, 1.54) is 5.56 Å². The van der Waals surface area contributed by atoms with Crippen LogP contribution in [0.2, 0.25) is 0 Å². The highest BCUT2D eigenvalue weighted by Gasteiger charge is 2.15. The summed E-state index contributed by atoms with van der Waals surface area (Å²) in [6.45, 7) is 8.82. The van der Waals surface area contributed by atoms with Crippen LogP contribution in [0.25, 0.3) is 0 Å². The molecule has 0 radical (unpaired) electrons. The van der Waals surface area contributed by atoms with Crippen molar-refractivity contribution in [3.8, 4) is 0 Å². The molecule has 2 heteroatoms. The highest BCUT2D eigenvalue weighted by molar-refractivity contribution is 5.58. The minimum atomic E-state index is -0.117. The lowest BCUT2D eigenvalue weighted by atomic mass is 10.1. The van der Waals surface area contributed by atoms with Crippen LogP contribution in [0, 0.1) is 0 Å². The third-order valence-corrected chi connectivity index (χ3v) is 2.64. The first-order valence-corrected chi connectivity index (χ1v) is 5.77. The summed E-state index contributed by atoms with van der Waals surface area (Å²) in [7, 11) is 0. The first-order valence-electron chi connectivity index (χ1n) is 5.77. The Morgan fingerprint density at radius 3 is 2.18 bits per heavy atom. The third-order valence-electron chi connectivity index (χ3n) is 2.64. The molecule has 0 unspecified atom stereocenters. The summed E-state index contributed by atoms with van der Waals surface area (Å²) in [5.74, 6) is 0. The van der Waals surface area contributed by atoms with Gasteiger partial charge in [0.15, 0.2) is 0 Å². The maximum atomic E-state index is 11.2. The van der Waals surface area contributed by atoms with Gasteiger partial charge >= 0.3 is 0 Å². The fraction of sp³-hybridized carbons (Fsp3) is 0.267. The van der Waals surface area contributed by atoms with E-state index in [9.17, 15) is 4.79 Å². The van der Waals surface area contributed by atoms with Crippen LogP contribution in [0.5, 0.6) is 0 Å². The Kier molecular flexibility index (Phi) is 5.97. The molecular weight excluding hydrogens is 210 g/mol. The molecule has 1 atom stereocenters. The molecule has 90 valence electrons. The second kappa shape index (κ2) is 7.58. The zero-order chi connectivity index (χ0) is 12.5.